The van der Waals surface area contributed by atoms with E-state index in [1.807, 2.05) is 0 Å². The SMILES string of the molecule is CN1CCN(c2nc(CNC(=O)C3[C@@H]4CCCC[C@@H]34)cc(=O)[nH]2)CC1. The Morgan fingerprint density at radius 1 is 1.24 bits per heavy atom. The Morgan fingerprint density at radius 2 is 1.92 bits per heavy atom. The summed E-state index contributed by atoms with van der Waals surface area (Å²) < 4.78 is 0. The van der Waals surface area contributed by atoms with Gasteiger partial charge in [0.1, 0.15) is 0 Å². The molecule has 3 fully saturated rings. The molecule has 2 heterocycles. The van der Waals surface area contributed by atoms with Crippen molar-refractivity contribution in [1.82, 2.24) is 20.2 Å². The van der Waals surface area contributed by atoms with Gasteiger partial charge in [0.2, 0.25) is 11.9 Å². The van der Waals surface area contributed by atoms with E-state index in [1.54, 1.807) is 0 Å². The zero-order chi connectivity index (χ0) is 17.4. The molecular formula is C18H27N5O2. The highest BCUT2D eigenvalue weighted by molar-refractivity contribution is 5.82. The molecule has 2 atom stereocenters. The van der Waals surface area contributed by atoms with Gasteiger partial charge in [0.25, 0.3) is 5.56 Å². The molecule has 0 bridgehead atoms. The quantitative estimate of drug-likeness (QED) is 0.834. The van der Waals surface area contributed by atoms with E-state index in [-0.39, 0.29) is 17.4 Å². The second-order valence-corrected chi connectivity index (χ2v) is 7.71. The first-order valence-electron chi connectivity index (χ1n) is 9.43. The van der Waals surface area contributed by atoms with Crippen LogP contribution >= 0.6 is 0 Å². The average Bonchev–Trinajstić information content (AvgIpc) is 3.34. The fraction of sp³-hybridized carbons (Fsp3) is 0.722. The van der Waals surface area contributed by atoms with Gasteiger partial charge < -0.3 is 15.1 Å². The summed E-state index contributed by atoms with van der Waals surface area (Å²) in [6, 6.07) is 1.49. The van der Waals surface area contributed by atoms with Gasteiger partial charge in [-0.15, -0.1) is 0 Å². The van der Waals surface area contributed by atoms with Crippen LogP contribution in [0.2, 0.25) is 0 Å². The molecule has 7 nitrogen and oxygen atoms in total. The van der Waals surface area contributed by atoms with Gasteiger partial charge in [-0.05, 0) is 31.7 Å². The van der Waals surface area contributed by atoms with Crippen LogP contribution in [0.4, 0.5) is 5.95 Å². The summed E-state index contributed by atoms with van der Waals surface area (Å²) >= 11 is 0. The number of carbonyl (C=O) groups excluding carboxylic acids is 1. The predicted octanol–water partition coefficient (Wildman–Crippen LogP) is 0.574. The number of carbonyl (C=O) groups is 1. The van der Waals surface area contributed by atoms with Crippen LogP contribution in [0.5, 0.6) is 0 Å². The molecule has 3 aliphatic rings. The molecule has 7 heteroatoms. The summed E-state index contributed by atoms with van der Waals surface area (Å²) in [6.07, 6.45) is 4.91. The van der Waals surface area contributed by atoms with Crippen molar-refractivity contribution in [2.24, 2.45) is 17.8 Å². The standard InChI is InChI=1S/C18H27N5O2/c1-22-6-8-23(9-7-22)18-20-12(10-15(24)21-18)11-19-17(25)16-13-4-2-3-5-14(13)16/h10,13-14,16H,2-9,11H2,1H3,(H,19,25)(H,20,21,24)/t13-,14-/m1/s1. The molecule has 1 aromatic heterocycles. The van der Waals surface area contributed by atoms with Crippen molar-refractivity contribution in [2.75, 3.05) is 38.1 Å². The Morgan fingerprint density at radius 3 is 2.60 bits per heavy atom. The van der Waals surface area contributed by atoms with Crippen LogP contribution in [0, 0.1) is 17.8 Å². The van der Waals surface area contributed by atoms with Crippen LogP contribution in [0.1, 0.15) is 31.4 Å². The molecule has 25 heavy (non-hydrogen) atoms. The first-order valence-corrected chi connectivity index (χ1v) is 9.43. The molecule has 0 spiro atoms. The molecule has 1 amide bonds. The van der Waals surface area contributed by atoms with Gasteiger partial charge in [0.05, 0.1) is 12.2 Å². The minimum Gasteiger partial charge on any atom is -0.350 e. The first-order chi connectivity index (χ1) is 12.1. The van der Waals surface area contributed by atoms with E-state index < -0.39 is 0 Å². The largest absolute Gasteiger partial charge is 0.350 e. The monoisotopic (exact) mass is 345 g/mol. The lowest BCUT2D eigenvalue weighted by atomic mass is 10.0. The lowest BCUT2D eigenvalue weighted by Gasteiger charge is -2.32. The molecular weight excluding hydrogens is 318 g/mol. The smallest absolute Gasteiger partial charge is 0.252 e. The number of aromatic nitrogens is 2. The van der Waals surface area contributed by atoms with E-state index in [9.17, 15) is 9.59 Å². The van der Waals surface area contributed by atoms with Crippen molar-refractivity contribution in [3.8, 4) is 0 Å². The van der Waals surface area contributed by atoms with Crippen molar-refractivity contribution in [3.63, 3.8) is 0 Å². The van der Waals surface area contributed by atoms with E-state index in [0.717, 1.165) is 26.2 Å². The van der Waals surface area contributed by atoms with E-state index in [1.165, 1.54) is 31.7 Å². The van der Waals surface area contributed by atoms with Gasteiger partial charge in [0.15, 0.2) is 0 Å². The van der Waals surface area contributed by atoms with Gasteiger partial charge in [-0.3, -0.25) is 14.6 Å². The molecule has 0 radical (unpaired) electrons. The first kappa shape index (κ1) is 16.6. The van der Waals surface area contributed by atoms with Crippen LogP contribution in [-0.2, 0) is 11.3 Å². The molecule has 0 unspecified atom stereocenters. The molecule has 1 aliphatic heterocycles. The highest BCUT2D eigenvalue weighted by atomic mass is 16.2. The number of H-pyrrole nitrogens is 1. The van der Waals surface area contributed by atoms with Crippen molar-refractivity contribution < 1.29 is 4.79 Å². The molecule has 2 saturated carbocycles. The lowest BCUT2D eigenvalue weighted by Crippen LogP contribution is -2.45. The number of fused-ring (bicyclic) bond motifs is 1. The van der Waals surface area contributed by atoms with Crippen molar-refractivity contribution in [1.29, 1.82) is 0 Å². The van der Waals surface area contributed by atoms with Crippen molar-refractivity contribution >= 4 is 11.9 Å². The number of amides is 1. The van der Waals surface area contributed by atoms with E-state index >= 15 is 0 Å². The minimum atomic E-state index is -0.159. The molecule has 2 N–H and O–H groups in total. The third-order valence-electron chi connectivity index (χ3n) is 5.99. The molecule has 0 aromatic carbocycles. The number of hydrogen-bond donors (Lipinski definition) is 2. The molecule has 4 rings (SSSR count). The van der Waals surface area contributed by atoms with E-state index in [2.05, 4.69) is 32.1 Å². The zero-order valence-corrected chi connectivity index (χ0v) is 14.8. The fourth-order valence-corrected chi connectivity index (χ4v) is 4.43. The van der Waals surface area contributed by atoms with Gasteiger partial charge >= 0.3 is 0 Å². The minimum absolute atomic E-state index is 0.139. The summed E-state index contributed by atoms with van der Waals surface area (Å²) in [7, 11) is 2.09. The maximum Gasteiger partial charge on any atom is 0.252 e. The summed E-state index contributed by atoms with van der Waals surface area (Å²) in [5.41, 5.74) is 0.475. The number of nitrogens with one attached hydrogen (secondary N) is 2. The molecule has 1 aromatic rings. The molecule has 136 valence electrons. The Balaban J connectivity index is 1.37. The Kier molecular flexibility index (Phi) is 4.50. The van der Waals surface area contributed by atoms with E-state index in [4.69, 9.17) is 0 Å². The second-order valence-electron chi connectivity index (χ2n) is 7.71. The number of anilines is 1. The van der Waals surface area contributed by atoms with Gasteiger partial charge in [-0.25, -0.2) is 4.98 Å². The Hall–Kier alpha value is -1.89. The fourth-order valence-electron chi connectivity index (χ4n) is 4.43. The topological polar surface area (TPSA) is 81.3 Å². The Labute approximate surface area is 147 Å². The van der Waals surface area contributed by atoms with Crippen LogP contribution < -0.4 is 15.8 Å². The molecule has 2 aliphatic carbocycles. The summed E-state index contributed by atoms with van der Waals surface area (Å²) in [5, 5.41) is 3.00. The zero-order valence-electron chi connectivity index (χ0n) is 14.8. The third-order valence-corrected chi connectivity index (χ3v) is 5.99. The predicted molar refractivity (Wildman–Crippen MR) is 95.4 cm³/mol. The highest BCUT2D eigenvalue weighted by Gasteiger charge is 2.54. The van der Waals surface area contributed by atoms with Crippen molar-refractivity contribution in [2.45, 2.75) is 32.2 Å². The van der Waals surface area contributed by atoms with Crippen LogP contribution in [-0.4, -0.2) is 54.0 Å². The maximum absolute atomic E-state index is 12.4. The highest BCUT2D eigenvalue weighted by Crippen LogP contribution is 2.55. The maximum atomic E-state index is 12.4. The lowest BCUT2D eigenvalue weighted by molar-refractivity contribution is -0.123. The number of hydrogen-bond acceptors (Lipinski definition) is 5. The van der Waals surface area contributed by atoms with Crippen LogP contribution in [0.3, 0.4) is 0 Å². The normalized spacial score (nSPS) is 29.2. The molecule has 1 saturated heterocycles. The van der Waals surface area contributed by atoms with Gasteiger partial charge in [-0.1, -0.05) is 12.8 Å². The van der Waals surface area contributed by atoms with Crippen LogP contribution in [0.25, 0.3) is 0 Å². The number of likely N-dealkylation sites (N-methyl/N-ethyl adjacent to an activating group) is 1. The number of aromatic amines is 1. The summed E-state index contributed by atoms with van der Waals surface area (Å²) in [4.78, 5) is 36.1. The number of piperazine rings is 1. The average molecular weight is 345 g/mol. The van der Waals surface area contributed by atoms with E-state index in [0.29, 0.717) is 30.0 Å². The van der Waals surface area contributed by atoms with Gasteiger partial charge in [0, 0.05) is 38.2 Å². The number of nitrogens with zero attached hydrogens (tertiary/aromatic N) is 3. The Bertz CT molecular complexity index is 683. The second kappa shape index (κ2) is 6.78. The van der Waals surface area contributed by atoms with Crippen LogP contribution in [0.15, 0.2) is 10.9 Å². The third kappa shape index (κ3) is 3.56. The summed E-state index contributed by atoms with van der Waals surface area (Å²) in [6.45, 7) is 3.94. The number of rotatable bonds is 4. The summed E-state index contributed by atoms with van der Waals surface area (Å²) in [5.74, 6) is 2.15. The van der Waals surface area contributed by atoms with Gasteiger partial charge in [-0.2, -0.15) is 0 Å². The van der Waals surface area contributed by atoms with Crippen molar-refractivity contribution in [3.05, 3.63) is 22.1 Å².